The summed E-state index contributed by atoms with van der Waals surface area (Å²) >= 11 is 5.77. The lowest BCUT2D eigenvalue weighted by Gasteiger charge is -2.08. The van der Waals surface area contributed by atoms with Crippen LogP contribution in [0.3, 0.4) is 0 Å². The van der Waals surface area contributed by atoms with Crippen LogP contribution in [0, 0.1) is 0 Å². The van der Waals surface area contributed by atoms with E-state index in [1.54, 1.807) is 12.1 Å². The van der Waals surface area contributed by atoms with Crippen molar-refractivity contribution in [2.24, 2.45) is 0 Å². The predicted molar refractivity (Wildman–Crippen MR) is 84.5 cm³/mol. The number of urea groups is 1. The number of halogens is 1. The van der Waals surface area contributed by atoms with Gasteiger partial charge in [0.05, 0.1) is 6.61 Å². The minimum absolute atomic E-state index is 0.0579. The monoisotopic (exact) mass is 328 g/mol. The fourth-order valence-electron chi connectivity index (χ4n) is 1.65. The number of rotatable bonds is 10. The van der Waals surface area contributed by atoms with Crippen LogP contribution in [-0.2, 0) is 4.79 Å². The van der Waals surface area contributed by atoms with Crippen LogP contribution in [0.15, 0.2) is 24.3 Å². The number of ether oxygens (including phenoxy) is 1. The van der Waals surface area contributed by atoms with Crippen LogP contribution in [0.2, 0.25) is 5.02 Å². The average Bonchev–Trinajstić information content (AvgIpc) is 2.49. The summed E-state index contributed by atoms with van der Waals surface area (Å²) in [6, 6.07) is 6.89. The van der Waals surface area contributed by atoms with E-state index in [1.807, 2.05) is 12.1 Å². The van der Waals surface area contributed by atoms with Crippen molar-refractivity contribution in [3.63, 3.8) is 0 Å². The summed E-state index contributed by atoms with van der Waals surface area (Å²) in [7, 11) is 0. The second-order valence-electron chi connectivity index (χ2n) is 4.69. The van der Waals surface area contributed by atoms with Gasteiger partial charge in [0.25, 0.3) is 0 Å². The molecule has 1 aromatic carbocycles. The third kappa shape index (κ3) is 9.07. The van der Waals surface area contributed by atoms with Crippen LogP contribution in [0.4, 0.5) is 4.79 Å². The summed E-state index contributed by atoms with van der Waals surface area (Å²) in [6.07, 6.45) is 2.11. The molecule has 1 aromatic rings. The number of hydrogen-bond donors (Lipinski definition) is 3. The molecule has 0 heterocycles. The van der Waals surface area contributed by atoms with E-state index < -0.39 is 5.97 Å². The van der Waals surface area contributed by atoms with Gasteiger partial charge in [-0.25, -0.2) is 4.79 Å². The third-order valence-electron chi connectivity index (χ3n) is 2.79. The second-order valence-corrected chi connectivity index (χ2v) is 5.13. The highest BCUT2D eigenvalue weighted by atomic mass is 35.5. The van der Waals surface area contributed by atoms with E-state index in [0.717, 1.165) is 18.6 Å². The van der Waals surface area contributed by atoms with Crippen LogP contribution in [0.5, 0.6) is 5.75 Å². The molecule has 0 bridgehead atoms. The first-order valence-corrected chi connectivity index (χ1v) is 7.57. The van der Waals surface area contributed by atoms with Crippen molar-refractivity contribution in [3.8, 4) is 5.75 Å². The number of aliphatic carboxylic acids is 1. The number of hydrogen-bond acceptors (Lipinski definition) is 3. The zero-order valence-electron chi connectivity index (χ0n) is 12.3. The fraction of sp³-hybridized carbons (Fsp3) is 0.467. The summed E-state index contributed by atoms with van der Waals surface area (Å²) in [4.78, 5) is 21.6. The quantitative estimate of drug-likeness (QED) is 0.576. The number of carboxylic acid groups (broad SMARTS) is 1. The molecule has 0 aliphatic heterocycles. The van der Waals surface area contributed by atoms with Gasteiger partial charge in [-0.2, -0.15) is 0 Å². The molecule has 0 saturated heterocycles. The summed E-state index contributed by atoms with van der Waals surface area (Å²) < 4.78 is 5.53. The smallest absolute Gasteiger partial charge is 0.314 e. The zero-order chi connectivity index (χ0) is 16.2. The van der Waals surface area contributed by atoms with Crippen molar-refractivity contribution in [2.75, 3.05) is 19.7 Å². The van der Waals surface area contributed by atoms with E-state index in [4.69, 9.17) is 21.4 Å². The van der Waals surface area contributed by atoms with Gasteiger partial charge in [0.15, 0.2) is 0 Å². The number of unbranched alkanes of at least 4 members (excludes halogenated alkanes) is 1. The molecule has 0 fully saturated rings. The van der Waals surface area contributed by atoms with Crippen molar-refractivity contribution in [2.45, 2.75) is 25.7 Å². The molecule has 0 unspecified atom stereocenters. The number of carbonyl (C=O) groups excluding carboxylic acids is 1. The highest BCUT2D eigenvalue weighted by Gasteiger charge is 2.01. The standard InChI is InChI=1S/C15H21ClN2O4/c16-12-5-7-13(8-6-12)22-11-2-1-9-17-15(21)18-10-3-4-14(19)20/h5-8H,1-4,9-11H2,(H,19,20)(H2,17,18,21). The Morgan fingerprint density at radius 3 is 2.32 bits per heavy atom. The molecule has 0 saturated carbocycles. The Morgan fingerprint density at radius 2 is 1.68 bits per heavy atom. The van der Waals surface area contributed by atoms with Gasteiger partial charge in [-0.15, -0.1) is 0 Å². The average molecular weight is 329 g/mol. The van der Waals surface area contributed by atoms with Gasteiger partial charge >= 0.3 is 12.0 Å². The maximum absolute atomic E-state index is 11.4. The first-order chi connectivity index (χ1) is 10.6. The Labute approximate surface area is 134 Å². The highest BCUT2D eigenvalue weighted by Crippen LogP contribution is 2.15. The van der Waals surface area contributed by atoms with E-state index in [-0.39, 0.29) is 12.5 Å². The highest BCUT2D eigenvalue weighted by molar-refractivity contribution is 6.30. The van der Waals surface area contributed by atoms with E-state index in [9.17, 15) is 9.59 Å². The summed E-state index contributed by atoms with van der Waals surface area (Å²) in [5.74, 6) is -0.0866. The SMILES string of the molecule is O=C(O)CCCNC(=O)NCCCCOc1ccc(Cl)cc1. The van der Waals surface area contributed by atoms with Crippen molar-refractivity contribution >= 4 is 23.6 Å². The maximum Gasteiger partial charge on any atom is 0.314 e. The number of nitrogens with one attached hydrogen (secondary N) is 2. The Balaban J connectivity index is 1.95. The minimum atomic E-state index is -0.858. The summed E-state index contributed by atoms with van der Waals surface area (Å²) in [6.45, 7) is 1.48. The van der Waals surface area contributed by atoms with Crippen LogP contribution in [0.25, 0.3) is 0 Å². The van der Waals surface area contributed by atoms with Crippen molar-refractivity contribution in [3.05, 3.63) is 29.3 Å². The maximum atomic E-state index is 11.4. The van der Waals surface area contributed by atoms with Crippen molar-refractivity contribution < 1.29 is 19.4 Å². The van der Waals surface area contributed by atoms with Crippen molar-refractivity contribution in [1.29, 1.82) is 0 Å². The lowest BCUT2D eigenvalue weighted by molar-refractivity contribution is -0.137. The van der Waals surface area contributed by atoms with E-state index in [2.05, 4.69) is 10.6 Å². The third-order valence-corrected chi connectivity index (χ3v) is 3.04. The lowest BCUT2D eigenvalue weighted by atomic mass is 10.3. The molecule has 0 aromatic heterocycles. The predicted octanol–water partition coefficient (Wildman–Crippen LogP) is 2.66. The second kappa shape index (κ2) is 10.7. The number of amides is 2. The minimum Gasteiger partial charge on any atom is -0.494 e. The Hall–Kier alpha value is -1.95. The number of carboxylic acids is 1. The molecule has 22 heavy (non-hydrogen) atoms. The Kier molecular flexibility index (Phi) is 8.83. The molecule has 1 rings (SSSR count). The molecule has 0 spiro atoms. The van der Waals surface area contributed by atoms with Crippen LogP contribution in [0.1, 0.15) is 25.7 Å². The molecule has 3 N–H and O–H groups in total. The van der Waals surface area contributed by atoms with Crippen LogP contribution >= 0.6 is 11.6 Å². The number of carbonyl (C=O) groups is 2. The lowest BCUT2D eigenvalue weighted by Crippen LogP contribution is -2.36. The molecular weight excluding hydrogens is 308 g/mol. The Morgan fingerprint density at radius 1 is 1.05 bits per heavy atom. The molecule has 2 amide bonds. The molecule has 0 aliphatic rings. The van der Waals surface area contributed by atoms with Gasteiger partial charge in [0, 0.05) is 24.5 Å². The first kappa shape index (κ1) is 18.1. The van der Waals surface area contributed by atoms with Gasteiger partial charge in [0.2, 0.25) is 0 Å². The van der Waals surface area contributed by atoms with Crippen molar-refractivity contribution in [1.82, 2.24) is 10.6 Å². The molecule has 7 heteroatoms. The molecular formula is C15H21ClN2O4. The number of benzene rings is 1. The van der Waals surface area contributed by atoms with Gasteiger partial charge in [-0.1, -0.05) is 11.6 Å². The van der Waals surface area contributed by atoms with E-state index in [1.165, 1.54) is 0 Å². The molecule has 0 radical (unpaired) electrons. The molecule has 122 valence electrons. The molecule has 0 aliphatic carbocycles. The van der Waals surface area contributed by atoms with Gasteiger partial charge in [0.1, 0.15) is 5.75 Å². The van der Waals surface area contributed by atoms with Crippen LogP contribution < -0.4 is 15.4 Å². The molecule has 0 atom stereocenters. The van der Waals surface area contributed by atoms with Crippen LogP contribution in [-0.4, -0.2) is 36.8 Å². The summed E-state index contributed by atoms with van der Waals surface area (Å²) in [5, 5.41) is 14.4. The Bertz CT molecular complexity index is 465. The summed E-state index contributed by atoms with van der Waals surface area (Å²) in [5.41, 5.74) is 0. The van der Waals surface area contributed by atoms with Gasteiger partial charge in [-0.3, -0.25) is 4.79 Å². The van der Waals surface area contributed by atoms with Gasteiger partial charge in [-0.05, 0) is 43.5 Å². The zero-order valence-corrected chi connectivity index (χ0v) is 13.1. The van der Waals surface area contributed by atoms with E-state index >= 15 is 0 Å². The normalized spacial score (nSPS) is 10.0. The topological polar surface area (TPSA) is 87.7 Å². The first-order valence-electron chi connectivity index (χ1n) is 7.20. The van der Waals surface area contributed by atoms with Gasteiger partial charge < -0.3 is 20.5 Å². The van der Waals surface area contributed by atoms with E-state index in [0.29, 0.717) is 31.1 Å². The molecule has 6 nitrogen and oxygen atoms in total. The largest absolute Gasteiger partial charge is 0.494 e. The fourth-order valence-corrected chi connectivity index (χ4v) is 1.78.